The Kier molecular flexibility index (Phi) is 5.86. The van der Waals surface area contributed by atoms with Gasteiger partial charge in [0.1, 0.15) is 11.5 Å². The fraction of sp³-hybridized carbons (Fsp3) is 0.333. The molecule has 3 rings (SSSR count). The van der Waals surface area contributed by atoms with Crippen molar-refractivity contribution in [1.82, 2.24) is 9.38 Å². The molecule has 142 valence electrons. The van der Waals surface area contributed by atoms with Gasteiger partial charge in [-0.05, 0) is 56.0 Å². The lowest BCUT2D eigenvalue weighted by atomic mass is 9.94. The van der Waals surface area contributed by atoms with Crippen LogP contribution in [0.2, 0.25) is 0 Å². The highest BCUT2D eigenvalue weighted by Crippen LogP contribution is 2.24. The first-order chi connectivity index (χ1) is 13.0. The Morgan fingerprint density at radius 2 is 2.04 bits per heavy atom. The maximum atomic E-state index is 13.1. The van der Waals surface area contributed by atoms with E-state index in [1.165, 1.54) is 12.1 Å². The molecule has 5 nitrogen and oxygen atoms in total. The summed E-state index contributed by atoms with van der Waals surface area (Å²) in [5, 5.41) is 9.72. The smallest absolute Gasteiger partial charge is 0.181 e. The molecule has 1 aromatic carbocycles. The predicted octanol–water partition coefficient (Wildman–Crippen LogP) is 3.60. The molecule has 0 spiro atoms. The maximum Gasteiger partial charge on any atom is 0.181 e. The summed E-state index contributed by atoms with van der Waals surface area (Å²) in [7, 11) is 0. The number of aryl methyl sites for hydroxylation is 1. The molecule has 0 unspecified atom stereocenters. The van der Waals surface area contributed by atoms with Crippen LogP contribution in [0, 0.1) is 18.7 Å². The van der Waals surface area contributed by atoms with Gasteiger partial charge in [-0.1, -0.05) is 12.1 Å². The van der Waals surface area contributed by atoms with Crippen molar-refractivity contribution in [3.63, 3.8) is 0 Å². The van der Waals surface area contributed by atoms with Gasteiger partial charge < -0.3 is 9.84 Å². The quantitative estimate of drug-likeness (QED) is 0.616. The topological polar surface area (TPSA) is 63.8 Å². The first-order valence-electron chi connectivity index (χ1n) is 9.02. The molecule has 27 heavy (non-hydrogen) atoms. The minimum Gasteiger partial charge on any atom is -0.490 e. The highest BCUT2D eigenvalue weighted by molar-refractivity contribution is 5.96. The highest BCUT2D eigenvalue weighted by Gasteiger charge is 2.22. The van der Waals surface area contributed by atoms with E-state index >= 15 is 0 Å². The van der Waals surface area contributed by atoms with Crippen LogP contribution in [-0.4, -0.2) is 33.5 Å². The number of carbonyl (C=O) groups excluding carboxylic acids is 1. The number of aromatic nitrogens is 2. The van der Waals surface area contributed by atoms with E-state index in [1.54, 1.807) is 29.7 Å². The minimum absolute atomic E-state index is 0.0881. The lowest BCUT2D eigenvalue weighted by Crippen LogP contribution is -2.17. The monoisotopic (exact) mass is 370 g/mol. The summed E-state index contributed by atoms with van der Waals surface area (Å²) >= 11 is 0. The van der Waals surface area contributed by atoms with Gasteiger partial charge in [-0.3, -0.25) is 9.20 Å². The van der Waals surface area contributed by atoms with E-state index in [0.29, 0.717) is 35.8 Å². The number of fused-ring (bicyclic) bond motifs is 1. The number of ether oxygens (including phenoxy) is 1. The van der Waals surface area contributed by atoms with Gasteiger partial charge in [0.15, 0.2) is 17.2 Å². The maximum absolute atomic E-state index is 13.1. The zero-order chi connectivity index (χ0) is 19.4. The molecule has 0 aliphatic heterocycles. The first-order valence-corrected chi connectivity index (χ1v) is 9.02. The Bertz CT molecular complexity index is 934. The molecule has 6 heteroatoms. The minimum atomic E-state index is -0.304. The van der Waals surface area contributed by atoms with Gasteiger partial charge in [0.2, 0.25) is 0 Å². The number of imidazole rings is 1. The molecule has 3 aromatic rings. The van der Waals surface area contributed by atoms with Crippen LogP contribution in [-0.2, 0) is 6.42 Å². The Morgan fingerprint density at radius 3 is 2.70 bits per heavy atom. The molecule has 0 fully saturated rings. The number of ketones is 1. The fourth-order valence-electron chi connectivity index (χ4n) is 3.27. The molecular weight excluding hydrogens is 347 g/mol. The average molecular weight is 370 g/mol. The predicted molar refractivity (Wildman–Crippen MR) is 101 cm³/mol. The zero-order valence-corrected chi connectivity index (χ0v) is 15.5. The van der Waals surface area contributed by atoms with Gasteiger partial charge in [0, 0.05) is 19.2 Å². The third-order valence-corrected chi connectivity index (χ3v) is 4.52. The Balaban J connectivity index is 1.83. The molecule has 1 N–H and O–H groups in total. The Labute approximate surface area is 157 Å². The summed E-state index contributed by atoms with van der Waals surface area (Å²) in [6, 6.07) is 9.76. The molecule has 0 amide bonds. The number of nitrogens with zero attached hydrogens (tertiary/aromatic N) is 2. The summed E-state index contributed by atoms with van der Waals surface area (Å²) in [6.07, 6.45) is 2.48. The van der Waals surface area contributed by atoms with Gasteiger partial charge in [-0.15, -0.1) is 0 Å². The first kappa shape index (κ1) is 19.0. The van der Waals surface area contributed by atoms with E-state index in [4.69, 9.17) is 4.74 Å². The number of halogens is 1. The fourth-order valence-corrected chi connectivity index (χ4v) is 3.27. The molecule has 1 atom stereocenters. The number of aliphatic hydroxyl groups is 1. The van der Waals surface area contributed by atoms with Gasteiger partial charge in [-0.25, -0.2) is 9.37 Å². The van der Waals surface area contributed by atoms with E-state index in [0.717, 1.165) is 5.56 Å². The van der Waals surface area contributed by atoms with Crippen LogP contribution in [0.15, 0.2) is 42.6 Å². The standard InChI is InChI=1S/C21H23FN2O3/c1-3-27-19-5-4-10-24-20(14(2)23-21(19)24)18(26)12-16(13-25)11-15-6-8-17(22)9-7-15/h4-10,16,25H,3,11-13H2,1-2H3/t16-/m0/s1. The second kappa shape index (κ2) is 8.31. The van der Waals surface area contributed by atoms with Crippen LogP contribution in [0.4, 0.5) is 4.39 Å². The largest absolute Gasteiger partial charge is 0.490 e. The zero-order valence-electron chi connectivity index (χ0n) is 15.5. The SMILES string of the molecule is CCOc1cccn2c(C(=O)C[C@@H](CO)Cc3ccc(F)cc3)c(C)nc12. The summed E-state index contributed by atoms with van der Waals surface area (Å²) in [6.45, 7) is 4.08. The molecule has 2 aromatic heterocycles. The van der Waals surface area contributed by atoms with Gasteiger partial charge in [0.05, 0.1) is 12.3 Å². The van der Waals surface area contributed by atoms with Gasteiger partial charge >= 0.3 is 0 Å². The van der Waals surface area contributed by atoms with Crippen molar-refractivity contribution >= 4 is 11.4 Å². The van der Waals surface area contributed by atoms with Crippen LogP contribution >= 0.6 is 0 Å². The number of hydrogen-bond donors (Lipinski definition) is 1. The van der Waals surface area contributed by atoms with Crippen molar-refractivity contribution in [2.75, 3.05) is 13.2 Å². The van der Waals surface area contributed by atoms with Crippen LogP contribution in [0.5, 0.6) is 5.75 Å². The van der Waals surface area contributed by atoms with Crippen LogP contribution in [0.1, 0.15) is 35.1 Å². The molecule has 0 saturated heterocycles. The average Bonchev–Trinajstić information content (AvgIpc) is 3.00. The second-order valence-electron chi connectivity index (χ2n) is 6.55. The van der Waals surface area contributed by atoms with Crippen molar-refractivity contribution in [2.24, 2.45) is 5.92 Å². The van der Waals surface area contributed by atoms with E-state index in [9.17, 15) is 14.3 Å². The second-order valence-corrected chi connectivity index (χ2v) is 6.55. The van der Waals surface area contributed by atoms with Crippen LogP contribution in [0.3, 0.4) is 0 Å². The number of aliphatic hydroxyl groups excluding tert-OH is 1. The van der Waals surface area contributed by atoms with Crippen LogP contribution in [0.25, 0.3) is 5.65 Å². The summed E-state index contributed by atoms with van der Waals surface area (Å²) in [5.74, 6) is -0.00759. The number of carbonyl (C=O) groups is 1. The Morgan fingerprint density at radius 1 is 1.30 bits per heavy atom. The van der Waals surface area contributed by atoms with Crippen molar-refractivity contribution in [3.8, 4) is 5.75 Å². The van der Waals surface area contributed by atoms with Crippen molar-refractivity contribution in [2.45, 2.75) is 26.7 Å². The number of rotatable bonds is 8. The van der Waals surface area contributed by atoms with E-state index in [1.807, 2.05) is 19.1 Å². The van der Waals surface area contributed by atoms with Crippen molar-refractivity contribution in [3.05, 3.63) is 65.4 Å². The van der Waals surface area contributed by atoms with Crippen LogP contribution < -0.4 is 4.74 Å². The summed E-state index contributed by atoms with van der Waals surface area (Å²) in [5.41, 5.74) is 2.63. The normalized spacial score (nSPS) is 12.3. The third kappa shape index (κ3) is 4.17. The lowest BCUT2D eigenvalue weighted by molar-refractivity contribution is 0.0929. The van der Waals surface area contributed by atoms with E-state index in [-0.39, 0.29) is 30.5 Å². The number of pyridine rings is 1. The molecule has 0 radical (unpaired) electrons. The molecule has 2 heterocycles. The van der Waals surface area contributed by atoms with E-state index in [2.05, 4.69) is 4.98 Å². The van der Waals surface area contributed by atoms with Gasteiger partial charge in [-0.2, -0.15) is 0 Å². The van der Waals surface area contributed by atoms with Crippen molar-refractivity contribution in [1.29, 1.82) is 0 Å². The molecule has 0 saturated carbocycles. The molecule has 0 bridgehead atoms. The van der Waals surface area contributed by atoms with Crippen molar-refractivity contribution < 1.29 is 19.0 Å². The lowest BCUT2D eigenvalue weighted by Gasteiger charge is -2.14. The number of hydrogen-bond acceptors (Lipinski definition) is 4. The Hall–Kier alpha value is -2.73. The van der Waals surface area contributed by atoms with E-state index < -0.39 is 0 Å². The summed E-state index contributed by atoms with van der Waals surface area (Å²) in [4.78, 5) is 17.4. The molecule has 0 aliphatic carbocycles. The third-order valence-electron chi connectivity index (χ3n) is 4.52. The number of benzene rings is 1. The number of Topliss-reactive ketones (excluding diaryl/α,β-unsaturated/α-hetero) is 1. The summed E-state index contributed by atoms with van der Waals surface area (Å²) < 4.78 is 20.4. The highest BCUT2D eigenvalue weighted by atomic mass is 19.1. The molecular formula is C21H23FN2O3. The van der Waals surface area contributed by atoms with Gasteiger partial charge in [0.25, 0.3) is 0 Å². The molecule has 0 aliphatic rings.